The Labute approximate surface area is 85.9 Å². The molecular formula is C12H14Ni. The number of allylic oxidation sites excluding steroid dienone is 8. The van der Waals surface area contributed by atoms with Gasteiger partial charge in [-0.15, -0.1) is 0 Å². The molecule has 2 rings (SSSR count). The molecule has 0 fully saturated rings. The van der Waals surface area contributed by atoms with Crippen molar-refractivity contribution in [2.24, 2.45) is 0 Å². The summed E-state index contributed by atoms with van der Waals surface area (Å²) in [4.78, 5) is 0. The molecule has 0 bridgehead atoms. The van der Waals surface area contributed by atoms with Crippen LogP contribution in [0.2, 0.25) is 0 Å². The molecule has 0 aromatic heterocycles. The summed E-state index contributed by atoms with van der Waals surface area (Å²) >= 11 is 1.77. The van der Waals surface area contributed by atoms with Crippen LogP contribution >= 0.6 is 0 Å². The van der Waals surface area contributed by atoms with Crippen molar-refractivity contribution in [3.05, 3.63) is 44.5 Å². The molecule has 0 unspecified atom stereocenters. The third-order valence-corrected chi connectivity index (χ3v) is 4.08. The Morgan fingerprint density at radius 3 is 1.69 bits per heavy atom. The fraction of sp³-hybridized carbons (Fsp3) is 0.333. The van der Waals surface area contributed by atoms with Crippen molar-refractivity contribution in [2.45, 2.75) is 26.7 Å². The Morgan fingerprint density at radius 2 is 1.38 bits per heavy atom. The normalized spacial score (nSPS) is 21.4. The average Bonchev–Trinajstić information content (AvgIpc) is 2.65. The predicted molar refractivity (Wildman–Crippen MR) is 52.9 cm³/mol. The molecule has 72 valence electrons. The van der Waals surface area contributed by atoms with Crippen LogP contribution in [0.5, 0.6) is 0 Å². The van der Waals surface area contributed by atoms with Gasteiger partial charge < -0.3 is 0 Å². The maximum absolute atomic E-state index is 2.25. The Kier molecular flexibility index (Phi) is 2.55. The van der Waals surface area contributed by atoms with Crippen molar-refractivity contribution < 1.29 is 14.4 Å². The second kappa shape index (κ2) is 3.68. The van der Waals surface area contributed by atoms with Gasteiger partial charge in [0.05, 0.1) is 0 Å². The monoisotopic (exact) mass is 216 g/mol. The summed E-state index contributed by atoms with van der Waals surface area (Å²) < 4.78 is 3.09. The summed E-state index contributed by atoms with van der Waals surface area (Å²) in [6.45, 7) is 4.41. The van der Waals surface area contributed by atoms with Gasteiger partial charge in [-0.1, -0.05) is 0 Å². The third kappa shape index (κ3) is 1.86. The summed E-state index contributed by atoms with van der Waals surface area (Å²) in [5, 5.41) is 0. The molecule has 0 N–H and O–H groups in total. The first kappa shape index (κ1) is 9.03. The van der Waals surface area contributed by atoms with Crippen LogP contribution < -0.4 is 0 Å². The van der Waals surface area contributed by atoms with Crippen molar-refractivity contribution >= 4 is 0 Å². The maximum atomic E-state index is 2.25. The zero-order valence-electron chi connectivity index (χ0n) is 8.04. The van der Waals surface area contributed by atoms with Crippen molar-refractivity contribution in [1.82, 2.24) is 0 Å². The molecule has 0 aromatic carbocycles. The van der Waals surface area contributed by atoms with Crippen molar-refractivity contribution in [3.8, 4) is 0 Å². The molecule has 1 heteroatoms. The standard InChI is InChI=1S/2C6H7.Ni/c2*1-6-4-2-3-5-6;/h2*2,4H,3H2,1H3;. The molecule has 0 heterocycles. The summed E-state index contributed by atoms with van der Waals surface area (Å²) in [6, 6.07) is 0. The predicted octanol–water partition coefficient (Wildman–Crippen LogP) is 3.54. The molecule has 0 saturated carbocycles. The van der Waals surface area contributed by atoms with Gasteiger partial charge in [-0.2, -0.15) is 0 Å². The van der Waals surface area contributed by atoms with E-state index in [2.05, 4.69) is 38.2 Å². The van der Waals surface area contributed by atoms with Crippen LogP contribution in [0.3, 0.4) is 0 Å². The average molecular weight is 217 g/mol. The molecule has 0 spiro atoms. The van der Waals surface area contributed by atoms with Gasteiger partial charge in [0.1, 0.15) is 0 Å². The van der Waals surface area contributed by atoms with Crippen LogP contribution in [0.4, 0.5) is 0 Å². The molecular weight excluding hydrogens is 203 g/mol. The zero-order valence-corrected chi connectivity index (χ0v) is 9.03. The van der Waals surface area contributed by atoms with E-state index in [4.69, 9.17) is 0 Å². The summed E-state index contributed by atoms with van der Waals surface area (Å²) in [6.07, 6.45) is 11.2. The van der Waals surface area contributed by atoms with E-state index in [9.17, 15) is 0 Å². The molecule has 0 saturated heterocycles. The van der Waals surface area contributed by atoms with E-state index < -0.39 is 0 Å². The number of hydrogen-bond acceptors (Lipinski definition) is 0. The molecule has 13 heavy (non-hydrogen) atoms. The SMILES string of the molecule is CC1=[C]([Ni][C]2=C(C)C=CC2)CC=C1. The quantitative estimate of drug-likeness (QED) is 0.620. The van der Waals surface area contributed by atoms with E-state index in [-0.39, 0.29) is 0 Å². The van der Waals surface area contributed by atoms with E-state index in [1.807, 2.05) is 0 Å². The Balaban J connectivity index is 2.08. The van der Waals surface area contributed by atoms with Crippen molar-refractivity contribution in [3.63, 3.8) is 0 Å². The molecule has 2 aliphatic carbocycles. The topological polar surface area (TPSA) is 0 Å². The van der Waals surface area contributed by atoms with Gasteiger partial charge in [-0.05, 0) is 0 Å². The van der Waals surface area contributed by atoms with Crippen molar-refractivity contribution in [2.75, 3.05) is 0 Å². The summed E-state index contributed by atoms with van der Waals surface area (Å²) in [5.41, 5.74) is 2.90. The van der Waals surface area contributed by atoms with Gasteiger partial charge in [-0.3, -0.25) is 0 Å². The van der Waals surface area contributed by atoms with Crippen LogP contribution in [0.1, 0.15) is 26.7 Å². The number of hydrogen-bond donors (Lipinski definition) is 0. The van der Waals surface area contributed by atoms with Gasteiger partial charge in [0, 0.05) is 0 Å². The molecule has 0 nitrogen and oxygen atoms in total. The third-order valence-electron chi connectivity index (χ3n) is 2.30. The number of rotatable bonds is 2. The summed E-state index contributed by atoms with van der Waals surface area (Å²) in [5.74, 6) is 0. The van der Waals surface area contributed by atoms with Gasteiger partial charge in [0.2, 0.25) is 0 Å². The fourth-order valence-corrected chi connectivity index (χ4v) is 2.81. The van der Waals surface area contributed by atoms with E-state index >= 15 is 0 Å². The van der Waals surface area contributed by atoms with Crippen LogP contribution in [0.15, 0.2) is 44.5 Å². The zero-order chi connectivity index (χ0) is 9.26. The van der Waals surface area contributed by atoms with E-state index in [1.165, 1.54) is 11.1 Å². The first-order valence-corrected chi connectivity index (χ1v) is 5.57. The Hall–Kier alpha value is -0.546. The molecule has 0 amide bonds. The van der Waals surface area contributed by atoms with Gasteiger partial charge in [-0.25, -0.2) is 0 Å². The van der Waals surface area contributed by atoms with Crippen LogP contribution in [-0.4, -0.2) is 0 Å². The van der Waals surface area contributed by atoms with E-state index in [0.29, 0.717) is 0 Å². The Bertz CT molecular complexity index is 306. The summed E-state index contributed by atoms with van der Waals surface area (Å²) in [7, 11) is 0. The van der Waals surface area contributed by atoms with Gasteiger partial charge in [0.25, 0.3) is 0 Å². The van der Waals surface area contributed by atoms with Gasteiger partial charge >= 0.3 is 85.7 Å². The van der Waals surface area contributed by atoms with Crippen molar-refractivity contribution in [1.29, 1.82) is 0 Å². The Morgan fingerprint density at radius 1 is 0.923 bits per heavy atom. The second-order valence-corrected chi connectivity index (χ2v) is 4.83. The molecule has 0 radical (unpaired) electrons. The van der Waals surface area contributed by atoms with E-state index in [0.717, 1.165) is 12.8 Å². The first-order chi connectivity index (χ1) is 6.27. The minimum atomic E-state index is 1.14. The molecule has 0 aromatic rings. The molecule has 0 atom stereocenters. The second-order valence-electron chi connectivity index (χ2n) is 3.39. The fourth-order valence-electron chi connectivity index (χ4n) is 1.46. The van der Waals surface area contributed by atoms with Crippen LogP contribution in [0, 0.1) is 0 Å². The molecule has 0 aliphatic heterocycles. The van der Waals surface area contributed by atoms with E-state index in [1.54, 1.807) is 23.5 Å². The van der Waals surface area contributed by atoms with Crippen LogP contribution in [0.25, 0.3) is 0 Å². The van der Waals surface area contributed by atoms with Crippen LogP contribution in [-0.2, 0) is 14.4 Å². The molecule has 2 aliphatic rings. The first-order valence-electron chi connectivity index (χ1n) is 4.58. The minimum absolute atomic E-state index is 1.14. The van der Waals surface area contributed by atoms with Gasteiger partial charge in [0.15, 0.2) is 0 Å².